The van der Waals surface area contributed by atoms with Crippen LogP contribution in [0.1, 0.15) is 52.5 Å². The van der Waals surface area contributed by atoms with Crippen LogP contribution in [0.25, 0.3) is 0 Å². The summed E-state index contributed by atoms with van der Waals surface area (Å²) in [5.41, 5.74) is 0. The van der Waals surface area contributed by atoms with Crippen LogP contribution in [-0.2, 0) is 4.79 Å². The second-order valence-corrected chi connectivity index (χ2v) is 5.87. The van der Waals surface area contributed by atoms with Crippen LogP contribution in [0.4, 0.5) is 5.82 Å². The van der Waals surface area contributed by atoms with Crippen molar-refractivity contribution >= 4 is 11.7 Å². The van der Waals surface area contributed by atoms with Gasteiger partial charge in [0, 0.05) is 12.1 Å². The van der Waals surface area contributed by atoms with Crippen LogP contribution in [0.5, 0.6) is 0 Å². The number of rotatable bonds is 4. The summed E-state index contributed by atoms with van der Waals surface area (Å²) in [4.78, 5) is 14.7. The van der Waals surface area contributed by atoms with Crippen molar-refractivity contribution in [3.8, 4) is 0 Å². The average molecular weight is 278 g/mol. The molecule has 5 nitrogen and oxygen atoms in total. The molecule has 2 rings (SSSR count). The zero-order chi connectivity index (χ0) is 14.5. The Morgan fingerprint density at radius 1 is 1.20 bits per heavy atom. The van der Waals surface area contributed by atoms with Crippen LogP contribution < -0.4 is 5.32 Å². The topological polar surface area (TPSA) is 50.2 Å². The van der Waals surface area contributed by atoms with E-state index in [9.17, 15) is 4.79 Å². The number of amides is 1. The Morgan fingerprint density at radius 2 is 1.85 bits per heavy atom. The first kappa shape index (κ1) is 15.0. The van der Waals surface area contributed by atoms with Gasteiger partial charge in [0.05, 0.1) is 12.2 Å². The lowest BCUT2D eigenvalue weighted by molar-refractivity contribution is -0.120. The highest BCUT2D eigenvalue weighted by atomic mass is 16.2. The minimum absolute atomic E-state index is 0.0642. The smallest absolute Gasteiger partial charge is 0.242 e. The molecule has 1 unspecified atom stereocenters. The normalized spacial score (nSPS) is 18.8. The van der Waals surface area contributed by atoms with Crippen molar-refractivity contribution in [2.24, 2.45) is 0 Å². The summed E-state index contributed by atoms with van der Waals surface area (Å²) >= 11 is 0. The SMILES string of the molecule is CC(C(=O)Nc1ccnn1C(C)C)N1CCCCCC1. The first-order valence-electron chi connectivity index (χ1n) is 7.68. The summed E-state index contributed by atoms with van der Waals surface area (Å²) in [5.74, 6) is 0.848. The van der Waals surface area contributed by atoms with Gasteiger partial charge in [-0.15, -0.1) is 0 Å². The van der Waals surface area contributed by atoms with Gasteiger partial charge in [0.2, 0.25) is 5.91 Å². The molecule has 1 aliphatic heterocycles. The molecule has 0 saturated carbocycles. The molecule has 112 valence electrons. The third-order valence-corrected chi connectivity index (χ3v) is 3.98. The van der Waals surface area contributed by atoms with E-state index in [-0.39, 0.29) is 18.0 Å². The molecule has 0 spiro atoms. The lowest BCUT2D eigenvalue weighted by Crippen LogP contribution is -2.42. The van der Waals surface area contributed by atoms with Gasteiger partial charge >= 0.3 is 0 Å². The summed E-state index contributed by atoms with van der Waals surface area (Å²) < 4.78 is 1.84. The van der Waals surface area contributed by atoms with E-state index in [1.165, 1.54) is 25.7 Å². The fourth-order valence-corrected chi connectivity index (χ4v) is 2.70. The fourth-order valence-electron chi connectivity index (χ4n) is 2.70. The van der Waals surface area contributed by atoms with E-state index >= 15 is 0 Å². The van der Waals surface area contributed by atoms with Gasteiger partial charge in [-0.3, -0.25) is 9.69 Å². The quantitative estimate of drug-likeness (QED) is 0.921. The lowest BCUT2D eigenvalue weighted by atomic mass is 10.2. The highest BCUT2D eigenvalue weighted by Gasteiger charge is 2.23. The minimum atomic E-state index is -0.0800. The van der Waals surface area contributed by atoms with E-state index in [1.54, 1.807) is 6.20 Å². The number of anilines is 1. The number of aromatic nitrogens is 2. The van der Waals surface area contributed by atoms with E-state index in [2.05, 4.69) is 29.2 Å². The Bertz CT molecular complexity index is 433. The Morgan fingerprint density at radius 3 is 2.45 bits per heavy atom. The molecule has 2 heterocycles. The molecule has 0 bridgehead atoms. The maximum absolute atomic E-state index is 12.4. The molecular weight excluding hydrogens is 252 g/mol. The summed E-state index contributed by atoms with van der Waals surface area (Å²) in [6, 6.07) is 2.02. The number of hydrogen-bond acceptors (Lipinski definition) is 3. The number of carbonyl (C=O) groups excluding carboxylic acids is 1. The number of nitrogens with zero attached hydrogens (tertiary/aromatic N) is 3. The molecule has 1 atom stereocenters. The summed E-state index contributed by atoms with van der Waals surface area (Å²) in [6.45, 7) is 8.16. The summed E-state index contributed by atoms with van der Waals surface area (Å²) in [7, 11) is 0. The zero-order valence-corrected chi connectivity index (χ0v) is 12.8. The Balaban J connectivity index is 1.98. The van der Waals surface area contributed by atoms with Crippen molar-refractivity contribution in [1.29, 1.82) is 0 Å². The van der Waals surface area contributed by atoms with Gasteiger partial charge in [0.25, 0.3) is 0 Å². The molecule has 1 N–H and O–H groups in total. The molecule has 1 amide bonds. The van der Waals surface area contributed by atoms with Crippen LogP contribution in [-0.4, -0.2) is 39.7 Å². The Labute approximate surface area is 121 Å². The summed E-state index contributed by atoms with van der Waals surface area (Å²) in [5, 5.41) is 7.25. The summed E-state index contributed by atoms with van der Waals surface area (Å²) in [6.07, 6.45) is 6.69. The predicted molar refractivity (Wildman–Crippen MR) is 80.7 cm³/mol. The Kier molecular flexibility index (Phi) is 5.17. The van der Waals surface area contributed by atoms with Crippen molar-refractivity contribution in [2.75, 3.05) is 18.4 Å². The molecule has 1 aliphatic rings. The van der Waals surface area contributed by atoms with Gasteiger partial charge in [-0.25, -0.2) is 4.68 Å². The Hall–Kier alpha value is -1.36. The van der Waals surface area contributed by atoms with Gasteiger partial charge in [-0.2, -0.15) is 5.10 Å². The molecule has 0 aromatic carbocycles. The van der Waals surface area contributed by atoms with Crippen molar-refractivity contribution < 1.29 is 4.79 Å². The predicted octanol–water partition coefficient (Wildman–Crippen LogP) is 2.67. The van der Waals surface area contributed by atoms with Gasteiger partial charge in [0.15, 0.2) is 0 Å². The molecule has 5 heteroatoms. The number of nitrogens with one attached hydrogen (secondary N) is 1. The van der Waals surface area contributed by atoms with E-state index in [4.69, 9.17) is 0 Å². The second-order valence-electron chi connectivity index (χ2n) is 5.87. The van der Waals surface area contributed by atoms with Crippen molar-refractivity contribution in [3.63, 3.8) is 0 Å². The van der Waals surface area contributed by atoms with Crippen LogP contribution in [0.3, 0.4) is 0 Å². The zero-order valence-electron chi connectivity index (χ0n) is 12.8. The van der Waals surface area contributed by atoms with Gasteiger partial charge in [0.1, 0.15) is 5.82 Å². The van der Waals surface area contributed by atoms with Crippen LogP contribution in [0.2, 0.25) is 0 Å². The van der Waals surface area contributed by atoms with Gasteiger partial charge < -0.3 is 5.32 Å². The van der Waals surface area contributed by atoms with Crippen molar-refractivity contribution in [3.05, 3.63) is 12.3 Å². The standard InChI is InChI=1S/C15H26N4O/c1-12(2)19-14(8-9-16-19)17-15(20)13(3)18-10-6-4-5-7-11-18/h8-9,12-13H,4-7,10-11H2,1-3H3,(H,17,20). The minimum Gasteiger partial charge on any atom is -0.310 e. The van der Waals surface area contributed by atoms with E-state index in [1.807, 2.05) is 17.7 Å². The van der Waals surface area contributed by atoms with E-state index < -0.39 is 0 Å². The fraction of sp³-hybridized carbons (Fsp3) is 0.733. The monoisotopic (exact) mass is 278 g/mol. The number of carbonyl (C=O) groups is 1. The maximum atomic E-state index is 12.4. The largest absolute Gasteiger partial charge is 0.310 e. The average Bonchev–Trinajstić information content (AvgIpc) is 2.72. The molecule has 1 fully saturated rings. The molecule has 1 saturated heterocycles. The molecular formula is C15H26N4O. The van der Waals surface area contributed by atoms with Crippen LogP contribution in [0, 0.1) is 0 Å². The van der Waals surface area contributed by atoms with E-state index in [0.29, 0.717) is 0 Å². The second kappa shape index (κ2) is 6.88. The first-order valence-corrected chi connectivity index (χ1v) is 7.68. The molecule has 0 aliphatic carbocycles. The molecule has 20 heavy (non-hydrogen) atoms. The molecule has 0 radical (unpaired) electrons. The maximum Gasteiger partial charge on any atom is 0.242 e. The first-order chi connectivity index (χ1) is 9.59. The van der Waals surface area contributed by atoms with E-state index in [0.717, 1.165) is 18.9 Å². The molecule has 1 aromatic rings. The molecule has 1 aromatic heterocycles. The van der Waals surface area contributed by atoms with Crippen LogP contribution in [0.15, 0.2) is 12.3 Å². The van der Waals surface area contributed by atoms with Gasteiger partial charge in [-0.1, -0.05) is 12.8 Å². The number of hydrogen-bond donors (Lipinski definition) is 1. The lowest BCUT2D eigenvalue weighted by Gasteiger charge is -2.26. The third kappa shape index (κ3) is 3.60. The number of likely N-dealkylation sites (tertiary alicyclic amines) is 1. The third-order valence-electron chi connectivity index (χ3n) is 3.98. The van der Waals surface area contributed by atoms with Gasteiger partial charge in [-0.05, 0) is 46.7 Å². The van der Waals surface area contributed by atoms with Crippen molar-refractivity contribution in [2.45, 2.75) is 58.5 Å². The van der Waals surface area contributed by atoms with Crippen molar-refractivity contribution in [1.82, 2.24) is 14.7 Å². The highest BCUT2D eigenvalue weighted by molar-refractivity contribution is 5.93. The highest BCUT2D eigenvalue weighted by Crippen LogP contribution is 2.16. The van der Waals surface area contributed by atoms with Crippen LogP contribution >= 0.6 is 0 Å².